The van der Waals surface area contributed by atoms with Gasteiger partial charge < -0.3 is 10.1 Å². The van der Waals surface area contributed by atoms with Crippen molar-refractivity contribution in [3.8, 4) is 11.8 Å². The number of aromatic nitrogens is 1. The van der Waals surface area contributed by atoms with Gasteiger partial charge in [0.1, 0.15) is 11.8 Å². The van der Waals surface area contributed by atoms with Crippen molar-refractivity contribution in [1.29, 1.82) is 5.26 Å². The number of ether oxygens (including phenoxy) is 1. The van der Waals surface area contributed by atoms with Gasteiger partial charge in [-0.05, 0) is 46.3 Å². The summed E-state index contributed by atoms with van der Waals surface area (Å²) in [6, 6.07) is 10.4. The van der Waals surface area contributed by atoms with Crippen LogP contribution in [0.3, 0.4) is 0 Å². The lowest BCUT2D eigenvalue weighted by atomic mass is 10.2. The Hall–Kier alpha value is -2.39. The highest BCUT2D eigenvalue weighted by atomic mass is 79.9. The van der Waals surface area contributed by atoms with E-state index in [1.807, 2.05) is 6.07 Å². The number of halogens is 1. The summed E-state index contributed by atoms with van der Waals surface area (Å²) in [7, 11) is 0. The molecule has 2 rings (SSSR count). The summed E-state index contributed by atoms with van der Waals surface area (Å²) in [5, 5.41) is 11.2. The zero-order valence-electron chi connectivity index (χ0n) is 10.3. The zero-order valence-corrected chi connectivity index (χ0v) is 11.9. The predicted octanol–water partition coefficient (Wildman–Crippen LogP) is 3.00. The van der Waals surface area contributed by atoms with Crippen LogP contribution in [0.4, 0.5) is 5.69 Å². The molecule has 1 amide bonds. The van der Waals surface area contributed by atoms with Gasteiger partial charge >= 0.3 is 0 Å². The number of nitrogens with zero attached hydrogens (tertiary/aromatic N) is 2. The minimum Gasteiger partial charge on any atom is -0.479 e. The number of nitrogens with one attached hydrogen (secondary N) is 1. The highest BCUT2D eigenvalue weighted by Crippen LogP contribution is 2.17. The van der Waals surface area contributed by atoms with Gasteiger partial charge in [-0.2, -0.15) is 5.26 Å². The number of carbonyl (C=O) groups excluding carboxylic acids is 1. The molecule has 0 atom stereocenters. The van der Waals surface area contributed by atoms with E-state index in [1.165, 1.54) is 6.20 Å². The van der Waals surface area contributed by atoms with Crippen LogP contribution in [-0.2, 0) is 0 Å². The molecule has 5 nitrogen and oxygen atoms in total. The number of hydrogen-bond acceptors (Lipinski definition) is 4. The topological polar surface area (TPSA) is 75.0 Å². The molecule has 6 heteroatoms. The highest BCUT2D eigenvalue weighted by molar-refractivity contribution is 9.10. The summed E-state index contributed by atoms with van der Waals surface area (Å²) in [6.07, 6.45) is 3.10. The second kappa shape index (κ2) is 6.68. The molecule has 0 radical (unpaired) electrons. The molecule has 0 aliphatic carbocycles. The quantitative estimate of drug-likeness (QED) is 0.934. The Kier molecular flexibility index (Phi) is 4.69. The van der Waals surface area contributed by atoms with Crippen LogP contribution >= 0.6 is 15.9 Å². The lowest BCUT2D eigenvalue weighted by Crippen LogP contribution is -2.12. The van der Waals surface area contributed by atoms with E-state index in [-0.39, 0.29) is 12.5 Å². The van der Waals surface area contributed by atoms with Gasteiger partial charge in [0.25, 0.3) is 5.91 Å². The van der Waals surface area contributed by atoms with Crippen LogP contribution in [-0.4, -0.2) is 17.5 Å². The molecule has 0 bridgehead atoms. The Bertz CT molecular complexity index is 650. The highest BCUT2D eigenvalue weighted by Gasteiger charge is 2.07. The lowest BCUT2D eigenvalue weighted by Gasteiger charge is -2.06. The first-order valence-electron chi connectivity index (χ1n) is 5.71. The normalized spacial score (nSPS) is 9.60. The number of hydrogen-bond donors (Lipinski definition) is 1. The first-order valence-corrected chi connectivity index (χ1v) is 6.50. The molecule has 0 spiro atoms. The SMILES string of the molecule is N#CCOc1ccc(NC(=O)c2cncc(Br)c2)cc1. The summed E-state index contributed by atoms with van der Waals surface area (Å²) in [5.41, 5.74) is 1.10. The Balaban J connectivity index is 2.03. The molecule has 1 aromatic heterocycles. The maximum absolute atomic E-state index is 12.0. The van der Waals surface area contributed by atoms with Gasteiger partial charge in [0.2, 0.25) is 0 Å². The molecule has 2 aromatic rings. The van der Waals surface area contributed by atoms with E-state index in [0.29, 0.717) is 17.0 Å². The van der Waals surface area contributed by atoms with Crippen molar-refractivity contribution in [2.24, 2.45) is 0 Å². The van der Waals surface area contributed by atoms with Gasteiger partial charge in [-0.25, -0.2) is 0 Å². The van der Waals surface area contributed by atoms with Crippen molar-refractivity contribution in [1.82, 2.24) is 4.98 Å². The molecule has 1 aromatic carbocycles. The summed E-state index contributed by atoms with van der Waals surface area (Å²) in [5.74, 6) is 0.332. The van der Waals surface area contributed by atoms with Crippen molar-refractivity contribution < 1.29 is 9.53 Å². The monoisotopic (exact) mass is 331 g/mol. The standard InChI is InChI=1S/C14H10BrN3O2/c15-11-7-10(8-17-9-11)14(19)18-12-1-3-13(4-2-12)20-6-5-16/h1-4,7-9H,6H2,(H,18,19). The van der Waals surface area contributed by atoms with Crippen molar-refractivity contribution in [3.05, 3.63) is 52.8 Å². The minimum atomic E-state index is -0.246. The van der Waals surface area contributed by atoms with Crippen LogP contribution in [0.25, 0.3) is 0 Å². The van der Waals surface area contributed by atoms with Crippen LogP contribution in [0.1, 0.15) is 10.4 Å². The number of pyridine rings is 1. The number of amides is 1. The first kappa shape index (κ1) is 14.0. The first-order chi connectivity index (χ1) is 9.69. The third-order valence-electron chi connectivity index (χ3n) is 2.38. The third-order valence-corrected chi connectivity index (χ3v) is 2.82. The molecule has 0 aliphatic heterocycles. The fraction of sp³-hybridized carbons (Fsp3) is 0.0714. The van der Waals surface area contributed by atoms with Crippen LogP contribution in [0.15, 0.2) is 47.2 Å². The van der Waals surface area contributed by atoms with E-state index in [4.69, 9.17) is 10.00 Å². The smallest absolute Gasteiger partial charge is 0.257 e. The van der Waals surface area contributed by atoms with E-state index in [9.17, 15) is 4.79 Å². The van der Waals surface area contributed by atoms with Crippen molar-refractivity contribution in [3.63, 3.8) is 0 Å². The fourth-order valence-electron chi connectivity index (χ4n) is 1.49. The largest absolute Gasteiger partial charge is 0.479 e. The summed E-state index contributed by atoms with van der Waals surface area (Å²) in [6.45, 7) is -0.00455. The van der Waals surface area contributed by atoms with Crippen LogP contribution in [0, 0.1) is 11.3 Å². The molecule has 0 unspecified atom stereocenters. The molecular formula is C14H10BrN3O2. The Morgan fingerprint density at radius 2 is 2.10 bits per heavy atom. The third kappa shape index (κ3) is 3.80. The van der Waals surface area contributed by atoms with Gasteiger partial charge in [-0.15, -0.1) is 0 Å². The second-order valence-corrected chi connectivity index (χ2v) is 4.73. The number of benzene rings is 1. The number of anilines is 1. The molecule has 0 saturated carbocycles. The average Bonchev–Trinajstić information content (AvgIpc) is 2.46. The predicted molar refractivity (Wildman–Crippen MR) is 77.4 cm³/mol. The van der Waals surface area contributed by atoms with E-state index in [0.717, 1.165) is 4.47 Å². The van der Waals surface area contributed by atoms with Gasteiger partial charge in [-0.3, -0.25) is 9.78 Å². The molecule has 20 heavy (non-hydrogen) atoms. The van der Waals surface area contributed by atoms with Gasteiger partial charge in [0, 0.05) is 22.6 Å². The maximum Gasteiger partial charge on any atom is 0.257 e. The number of nitriles is 1. The second-order valence-electron chi connectivity index (χ2n) is 3.82. The fourth-order valence-corrected chi connectivity index (χ4v) is 1.85. The van der Waals surface area contributed by atoms with E-state index >= 15 is 0 Å². The van der Waals surface area contributed by atoms with Crippen LogP contribution in [0.5, 0.6) is 5.75 Å². The number of rotatable bonds is 4. The molecule has 0 fully saturated rings. The Labute approximate surface area is 124 Å². The molecule has 1 N–H and O–H groups in total. The van der Waals surface area contributed by atoms with Crippen molar-refractivity contribution in [2.75, 3.05) is 11.9 Å². The van der Waals surface area contributed by atoms with E-state index in [1.54, 1.807) is 36.5 Å². The van der Waals surface area contributed by atoms with Gasteiger partial charge in [0.15, 0.2) is 6.61 Å². The van der Waals surface area contributed by atoms with Crippen LogP contribution < -0.4 is 10.1 Å². The summed E-state index contributed by atoms with van der Waals surface area (Å²) < 4.78 is 5.87. The average molecular weight is 332 g/mol. The summed E-state index contributed by atoms with van der Waals surface area (Å²) in [4.78, 5) is 15.9. The van der Waals surface area contributed by atoms with Gasteiger partial charge in [0.05, 0.1) is 5.56 Å². The Morgan fingerprint density at radius 1 is 1.35 bits per heavy atom. The van der Waals surface area contributed by atoms with E-state index < -0.39 is 0 Å². The van der Waals surface area contributed by atoms with Gasteiger partial charge in [-0.1, -0.05) is 0 Å². The number of carbonyl (C=O) groups is 1. The molecule has 0 aliphatic rings. The zero-order chi connectivity index (χ0) is 14.4. The Morgan fingerprint density at radius 3 is 2.75 bits per heavy atom. The molecule has 0 saturated heterocycles. The molecule has 100 valence electrons. The van der Waals surface area contributed by atoms with Crippen molar-refractivity contribution >= 4 is 27.5 Å². The summed E-state index contributed by atoms with van der Waals surface area (Å²) >= 11 is 3.26. The molecular weight excluding hydrogens is 322 g/mol. The maximum atomic E-state index is 12.0. The molecule has 1 heterocycles. The van der Waals surface area contributed by atoms with Crippen molar-refractivity contribution in [2.45, 2.75) is 0 Å². The minimum absolute atomic E-state index is 0.00455. The van der Waals surface area contributed by atoms with E-state index in [2.05, 4.69) is 26.2 Å². The lowest BCUT2D eigenvalue weighted by molar-refractivity contribution is 0.102. The van der Waals surface area contributed by atoms with Crippen LogP contribution in [0.2, 0.25) is 0 Å².